The summed E-state index contributed by atoms with van der Waals surface area (Å²) in [5.74, 6) is -1.36. The van der Waals surface area contributed by atoms with Crippen LogP contribution < -0.4 is 20.4 Å². The number of anilines is 3. The van der Waals surface area contributed by atoms with E-state index in [1.54, 1.807) is 12.1 Å². The first-order chi connectivity index (χ1) is 20.3. The molecule has 1 aromatic carbocycles. The molecule has 0 bridgehead atoms. The molecular formula is C28H32F4N8O3. The summed E-state index contributed by atoms with van der Waals surface area (Å²) in [7, 11) is 1.47. The summed E-state index contributed by atoms with van der Waals surface area (Å²) in [6, 6.07) is 5.72. The number of carbonyl (C=O) groups is 2. The third-order valence-corrected chi connectivity index (χ3v) is 8.23. The number of carboxylic acid groups (broad SMARTS) is 1. The lowest BCUT2D eigenvalue weighted by molar-refractivity contribution is -0.137. The Morgan fingerprint density at radius 3 is 2.67 bits per heavy atom. The Hall–Kier alpha value is -4.16. The SMILES string of the molecule is Cc1cc(C(F)(F)F)c(C#N)c(N[C@H]2CCN(CCN3CCNC4(C3)CN(C(=O)O)C4)c3c(F)cccc3N(C)C2=O)n1. The van der Waals surface area contributed by atoms with E-state index in [-0.39, 0.29) is 35.7 Å². The number of piperazine rings is 1. The lowest BCUT2D eigenvalue weighted by Gasteiger charge is -2.54. The zero-order valence-electron chi connectivity index (χ0n) is 23.7. The van der Waals surface area contributed by atoms with Crippen molar-refractivity contribution in [1.29, 1.82) is 5.26 Å². The molecule has 3 aliphatic rings. The number of nitrogens with zero attached hydrogens (tertiary/aromatic N) is 6. The standard InChI is InChI=1S/C28H32F4N8O3/c1-17-12-19(28(30,31)32)18(13-33)24(35-17)36-21-6-8-39(23-20(29)4-3-5-22(23)37(2)25(21)41)11-10-38-9-7-34-27(14-38)15-40(16-27)26(42)43/h3-5,12,21,34H,6-11,14-16H2,1-2H3,(H,35,36)(H,42,43)/t21-/m0/s1. The maximum absolute atomic E-state index is 15.3. The molecule has 0 aliphatic carbocycles. The maximum Gasteiger partial charge on any atom is 0.417 e. The third kappa shape index (κ3) is 6.02. The Labute approximate surface area is 245 Å². The van der Waals surface area contributed by atoms with E-state index in [0.29, 0.717) is 51.5 Å². The van der Waals surface area contributed by atoms with Crippen LogP contribution in [-0.2, 0) is 11.0 Å². The maximum atomic E-state index is 15.3. The number of alkyl halides is 3. The van der Waals surface area contributed by atoms with Gasteiger partial charge in [0.25, 0.3) is 0 Å². The zero-order chi connectivity index (χ0) is 31.1. The summed E-state index contributed by atoms with van der Waals surface area (Å²) < 4.78 is 56.4. The first kappa shape index (κ1) is 30.3. The van der Waals surface area contributed by atoms with Gasteiger partial charge in [-0.2, -0.15) is 18.4 Å². The number of halogens is 4. The topological polar surface area (TPSA) is 128 Å². The number of nitrogens with one attached hydrogen (secondary N) is 2. The molecular weight excluding hydrogens is 572 g/mol. The highest BCUT2D eigenvalue weighted by Gasteiger charge is 2.47. The van der Waals surface area contributed by atoms with Gasteiger partial charge >= 0.3 is 12.3 Å². The molecule has 230 valence electrons. The summed E-state index contributed by atoms with van der Waals surface area (Å²) in [6.45, 7) is 5.25. The van der Waals surface area contributed by atoms with E-state index >= 15 is 4.39 Å². The van der Waals surface area contributed by atoms with Crippen LogP contribution in [0.15, 0.2) is 24.3 Å². The van der Waals surface area contributed by atoms with Gasteiger partial charge in [0.1, 0.15) is 29.3 Å². The van der Waals surface area contributed by atoms with E-state index in [1.165, 1.54) is 35.9 Å². The van der Waals surface area contributed by atoms with E-state index in [2.05, 4.69) is 20.5 Å². The molecule has 2 fully saturated rings. The molecule has 0 radical (unpaired) electrons. The van der Waals surface area contributed by atoms with E-state index in [4.69, 9.17) is 0 Å². The Kier molecular flexibility index (Phi) is 8.10. The Balaban J connectivity index is 1.38. The van der Waals surface area contributed by atoms with Gasteiger partial charge in [-0.15, -0.1) is 0 Å². The van der Waals surface area contributed by atoms with Crippen molar-refractivity contribution < 1.29 is 32.3 Å². The van der Waals surface area contributed by atoms with Crippen molar-refractivity contribution in [3.63, 3.8) is 0 Å². The number of hydrogen-bond acceptors (Lipinski definition) is 8. The van der Waals surface area contributed by atoms with Gasteiger partial charge in [0.2, 0.25) is 5.91 Å². The number of benzene rings is 1. The van der Waals surface area contributed by atoms with Gasteiger partial charge in [-0.1, -0.05) is 6.07 Å². The Morgan fingerprint density at radius 2 is 2.00 bits per heavy atom. The molecule has 11 nitrogen and oxygen atoms in total. The number of likely N-dealkylation sites (N-methyl/N-ethyl adjacent to an activating group) is 1. The number of aryl methyl sites for hydroxylation is 1. The number of aromatic nitrogens is 1. The van der Waals surface area contributed by atoms with Gasteiger partial charge in [-0.25, -0.2) is 14.2 Å². The highest BCUT2D eigenvalue weighted by Crippen LogP contribution is 2.37. The molecule has 0 unspecified atom stereocenters. The van der Waals surface area contributed by atoms with Crippen LogP contribution in [0.4, 0.5) is 39.5 Å². The van der Waals surface area contributed by atoms with Crippen LogP contribution in [0.3, 0.4) is 0 Å². The van der Waals surface area contributed by atoms with Crippen molar-refractivity contribution in [3.05, 3.63) is 46.9 Å². The lowest BCUT2D eigenvalue weighted by Crippen LogP contribution is -2.76. The van der Waals surface area contributed by atoms with E-state index in [1.807, 2.05) is 4.90 Å². The molecule has 0 saturated carbocycles. The second-order valence-electron chi connectivity index (χ2n) is 11.2. The number of pyridine rings is 1. The van der Waals surface area contributed by atoms with Crippen LogP contribution in [0, 0.1) is 24.1 Å². The second-order valence-corrected chi connectivity index (χ2v) is 11.2. The summed E-state index contributed by atoms with van der Waals surface area (Å²) in [5, 5.41) is 25.0. The average molecular weight is 605 g/mol. The molecule has 3 aliphatic heterocycles. The number of nitriles is 1. The largest absolute Gasteiger partial charge is 0.465 e. The molecule has 1 aromatic heterocycles. The van der Waals surface area contributed by atoms with E-state index in [9.17, 15) is 33.1 Å². The van der Waals surface area contributed by atoms with Gasteiger partial charge in [0, 0.05) is 65.1 Å². The molecule has 3 N–H and O–H groups in total. The molecule has 1 atom stereocenters. The predicted molar refractivity (Wildman–Crippen MR) is 150 cm³/mol. The van der Waals surface area contributed by atoms with Gasteiger partial charge < -0.3 is 30.4 Å². The van der Waals surface area contributed by atoms with Crippen LogP contribution >= 0.6 is 0 Å². The molecule has 2 saturated heterocycles. The van der Waals surface area contributed by atoms with Crippen molar-refractivity contribution in [2.45, 2.75) is 31.1 Å². The van der Waals surface area contributed by atoms with Crippen LogP contribution in [0.25, 0.3) is 0 Å². The fraction of sp³-hybridized carbons (Fsp3) is 0.500. The molecule has 2 aromatic rings. The van der Waals surface area contributed by atoms with Crippen LogP contribution in [0.5, 0.6) is 0 Å². The van der Waals surface area contributed by atoms with Gasteiger partial charge in [-0.3, -0.25) is 9.69 Å². The zero-order valence-corrected chi connectivity index (χ0v) is 23.7. The minimum Gasteiger partial charge on any atom is -0.465 e. The summed E-state index contributed by atoms with van der Waals surface area (Å²) >= 11 is 0. The third-order valence-electron chi connectivity index (χ3n) is 8.23. The van der Waals surface area contributed by atoms with Crippen molar-refractivity contribution in [3.8, 4) is 6.07 Å². The molecule has 1 spiro atoms. The normalized spacial score (nSPS) is 20.6. The fourth-order valence-corrected chi connectivity index (χ4v) is 6.12. The number of fused-ring (bicyclic) bond motifs is 1. The molecule has 5 rings (SSSR count). The molecule has 43 heavy (non-hydrogen) atoms. The molecule has 2 amide bonds. The highest BCUT2D eigenvalue weighted by molar-refractivity contribution is 6.01. The lowest BCUT2D eigenvalue weighted by atomic mass is 9.87. The highest BCUT2D eigenvalue weighted by atomic mass is 19.4. The van der Waals surface area contributed by atoms with E-state index < -0.39 is 41.2 Å². The number of amides is 2. The minimum absolute atomic E-state index is 0.0289. The van der Waals surface area contributed by atoms with Crippen LogP contribution in [0.2, 0.25) is 0 Å². The van der Waals surface area contributed by atoms with Crippen LogP contribution in [-0.4, -0.2) is 103 Å². The summed E-state index contributed by atoms with van der Waals surface area (Å²) in [4.78, 5) is 35.6. The summed E-state index contributed by atoms with van der Waals surface area (Å²) in [5.41, 5.74) is -1.60. The second kappa shape index (κ2) is 11.5. The predicted octanol–water partition coefficient (Wildman–Crippen LogP) is 2.71. The number of rotatable bonds is 5. The fourth-order valence-electron chi connectivity index (χ4n) is 6.12. The van der Waals surface area contributed by atoms with Gasteiger partial charge in [0.15, 0.2) is 0 Å². The average Bonchev–Trinajstić information content (AvgIpc) is 2.93. The monoisotopic (exact) mass is 604 g/mol. The quantitative estimate of drug-likeness (QED) is 0.442. The van der Waals surface area contributed by atoms with Crippen molar-refractivity contribution in [1.82, 2.24) is 20.1 Å². The summed E-state index contributed by atoms with van der Waals surface area (Å²) in [6.07, 6.45) is -5.66. The van der Waals surface area contributed by atoms with Gasteiger partial charge in [-0.05, 0) is 31.5 Å². The van der Waals surface area contributed by atoms with Crippen molar-refractivity contribution >= 4 is 29.2 Å². The first-order valence-corrected chi connectivity index (χ1v) is 13.8. The van der Waals surface area contributed by atoms with Crippen molar-refractivity contribution in [2.75, 3.05) is 74.5 Å². The first-order valence-electron chi connectivity index (χ1n) is 13.8. The Morgan fingerprint density at radius 1 is 1.26 bits per heavy atom. The van der Waals surface area contributed by atoms with Crippen LogP contribution in [0.1, 0.15) is 23.2 Å². The van der Waals surface area contributed by atoms with Gasteiger partial charge in [0.05, 0.1) is 22.5 Å². The minimum atomic E-state index is -4.79. The van der Waals surface area contributed by atoms with E-state index in [0.717, 1.165) is 6.07 Å². The number of carbonyl (C=O) groups excluding carboxylic acids is 1. The molecule has 15 heteroatoms. The van der Waals surface area contributed by atoms with Crippen molar-refractivity contribution in [2.24, 2.45) is 0 Å². The molecule has 4 heterocycles. The number of hydrogen-bond donors (Lipinski definition) is 3. The Bertz CT molecular complexity index is 1460. The smallest absolute Gasteiger partial charge is 0.417 e. The number of likely N-dealkylation sites (tertiary alicyclic amines) is 1. The number of para-hydroxylation sites is 1.